The van der Waals surface area contributed by atoms with Gasteiger partial charge < -0.3 is 19.5 Å². The summed E-state index contributed by atoms with van der Waals surface area (Å²) in [5, 5.41) is 4.27. The topological polar surface area (TPSA) is 59.4 Å². The Morgan fingerprint density at radius 3 is 2.41 bits per heavy atom. The normalized spacial score (nSPS) is 15.2. The molecule has 3 aromatic rings. The van der Waals surface area contributed by atoms with Gasteiger partial charge in [0.05, 0.1) is 17.6 Å². The van der Waals surface area contributed by atoms with Crippen molar-refractivity contribution in [2.24, 2.45) is 0 Å². The van der Waals surface area contributed by atoms with Crippen molar-refractivity contribution in [1.82, 2.24) is 14.9 Å². The van der Waals surface area contributed by atoms with Crippen LogP contribution in [0.15, 0.2) is 42.5 Å². The van der Waals surface area contributed by atoms with E-state index in [4.69, 9.17) is 32.9 Å². The number of piperidine rings is 1. The van der Waals surface area contributed by atoms with Crippen LogP contribution in [0.3, 0.4) is 0 Å². The van der Waals surface area contributed by atoms with Crippen LogP contribution in [-0.4, -0.2) is 40.4 Å². The number of fused-ring (bicyclic) bond motifs is 1. The van der Waals surface area contributed by atoms with Crippen molar-refractivity contribution in [1.29, 1.82) is 0 Å². The second-order valence-corrected chi connectivity index (χ2v) is 9.91. The van der Waals surface area contributed by atoms with E-state index in [9.17, 15) is 4.79 Å². The number of nitrogens with one attached hydrogen (secondary N) is 1. The summed E-state index contributed by atoms with van der Waals surface area (Å²) in [4.78, 5) is 19.3. The Morgan fingerprint density at radius 2 is 1.75 bits per heavy atom. The Bertz CT molecular complexity index is 1090. The molecule has 1 amide bonds. The molecule has 0 spiro atoms. The molecule has 1 aliphatic heterocycles. The molecule has 0 unspecified atom stereocenters. The van der Waals surface area contributed by atoms with Crippen LogP contribution >= 0.6 is 23.2 Å². The lowest BCUT2D eigenvalue weighted by Gasteiger charge is -2.33. The van der Waals surface area contributed by atoms with Crippen molar-refractivity contribution in [2.45, 2.75) is 51.8 Å². The number of ether oxygens (including phenoxy) is 1. The van der Waals surface area contributed by atoms with Crippen LogP contribution in [0.4, 0.5) is 10.7 Å². The molecular weight excluding hydrogens is 447 g/mol. The number of benzene rings is 2. The van der Waals surface area contributed by atoms with Crippen LogP contribution in [0.25, 0.3) is 11.0 Å². The number of aromatic nitrogens is 2. The minimum atomic E-state index is -0.504. The number of rotatable bonds is 4. The summed E-state index contributed by atoms with van der Waals surface area (Å²) in [6.45, 7) is 7.69. The maximum Gasteiger partial charge on any atom is 0.407 e. The first kappa shape index (κ1) is 22.7. The molecule has 0 radical (unpaired) electrons. The first-order valence-corrected chi connectivity index (χ1v) is 11.6. The number of nitrogens with zero attached hydrogens (tertiary/aromatic N) is 3. The largest absolute Gasteiger partial charge is 0.444 e. The third-order valence-corrected chi connectivity index (χ3v) is 6.22. The fourth-order valence-electron chi connectivity index (χ4n) is 4.00. The van der Waals surface area contributed by atoms with Gasteiger partial charge in [0.2, 0.25) is 5.95 Å². The number of anilines is 1. The molecule has 1 N–H and O–H groups in total. The van der Waals surface area contributed by atoms with Gasteiger partial charge in [0.25, 0.3) is 0 Å². The van der Waals surface area contributed by atoms with E-state index in [-0.39, 0.29) is 12.1 Å². The molecule has 32 heavy (non-hydrogen) atoms. The molecule has 0 saturated carbocycles. The summed E-state index contributed by atoms with van der Waals surface area (Å²) in [6.07, 6.45) is 1.27. The Hall–Kier alpha value is -2.44. The molecule has 0 aliphatic carbocycles. The number of carbonyl (C=O) groups excluding carboxylic acids is 1. The Labute approximate surface area is 198 Å². The lowest BCUT2D eigenvalue weighted by atomic mass is 10.1. The second kappa shape index (κ2) is 9.20. The monoisotopic (exact) mass is 474 g/mol. The number of imidazole rings is 1. The van der Waals surface area contributed by atoms with Gasteiger partial charge in [-0.15, -0.1) is 0 Å². The lowest BCUT2D eigenvalue weighted by Crippen LogP contribution is -2.46. The highest BCUT2D eigenvalue weighted by Gasteiger charge is 2.26. The average molecular weight is 475 g/mol. The number of hydrogen-bond acceptors (Lipinski definition) is 4. The van der Waals surface area contributed by atoms with Gasteiger partial charge in [-0.3, -0.25) is 0 Å². The van der Waals surface area contributed by atoms with Gasteiger partial charge in [-0.2, -0.15) is 0 Å². The molecule has 170 valence electrons. The highest BCUT2D eigenvalue weighted by atomic mass is 35.5. The molecule has 1 aromatic heterocycles. The van der Waals surface area contributed by atoms with E-state index in [0.29, 0.717) is 16.6 Å². The minimum absolute atomic E-state index is 0.0805. The third-order valence-electron chi connectivity index (χ3n) is 5.51. The molecule has 1 aliphatic rings. The van der Waals surface area contributed by atoms with Gasteiger partial charge in [0.1, 0.15) is 5.60 Å². The van der Waals surface area contributed by atoms with Crippen LogP contribution in [0, 0.1) is 0 Å². The van der Waals surface area contributed by atoms with E-state index in [2.05, 4.69) is 20.9 Å². The molecule has 8 heteroatoms. The maximum atomic E-state index is 12.1. The number of carbonyl (C=O) groups is 1. The third kappa shape index (κ3) is 5.13. The number of alkyl carbamates (subject to hydrolysis) is 1. The average Bonchev–Trinajstić information content (AvgIpc) is 3.08. The highest BCUT2D eigenvalue weighted by molar-refractivity contribution is 6.36. The highest BCUT2D eigenvalue weighted by Crippen LogP contribution is 2.31. The van der Waals surface area contributed by atoms with E-state index in [1.165, 1.54) is 0 Å². The number of hydrogen-bond donors (Lipinski definition) is 1. The van der Waals surface area contributed by atoms with Crippen molar-refractivity contribution in [3.63, 3.8) is 0 Å². The minimum Gasteiger partial charge on any atom is -0.444 e. The predicted octanol–water partition coefficient (Wildman–Crippen LogP) is 5.88. The summed E-state index contributed by atoms with van der Waals surface area (Å²) in [5.74, 6) is 0.887. The standard InChI is InChI=1S/C24H28Cl2N4O2/c1-24(2,3)32-23(31)27-16-11-13-29(14-12-16)22-28-20-9-4-5-10-21(20)30(22)15-17-18(25)7-6-8-19(17)26/h4-10,16H,11-15H2,1-3H3,(H,27,31). The molecule has 4 rings (SSSR count). The van der Waals surface area contributed by atoms with Crippen molar-refractivity contribution < 1.29 is 9.53 Å². The molecule has 6 nitrogen and oxygen atoms in total. The van der Waals surface area contributed by atoms with E-state index >= 15 is 0 Å². The second-order valence-electron chi connectivity index (χ2n) is 9.09. The van der Waals surface area contributed by atoms with Crippen LogP contribution < -0.4 is 10.2 Å². The van der Waals surface area contributed by atoms with Crippen molar-refractivity contribution >= 4 is 46.3 Å². The fraction of sp³-hybridized carbons (Fsp3) is 0.417. The fourth-order valence-corrected chi connectivity index (χ4v) is 4.52. The number of para-hydroxylation sites is 2. The molecule has 0 atom stereocenters. The quantitative estimate of drug-likeness (QED) is 0.512. The lowest BCUT2D eigenvalue weighted by molar-refractivity contribution is 0.0497. The zero-order chi connectivity index (χ0) is 22.9. The van der Waals surface area contributed by atoms with Gasteiger partial charge >= 0.3 is 6.09 Å². The first-order valence-electron chi connectivity index (χ1n) is 10.8. The van der Waals surface area contributed by atoms with Gasteiger partial charge in [-0.25, -0.2) is 9.78 Å². The summed E-state index contributed by atoms with van der Waals surface area (Å²) in [6, 6.07) is 13.7. The summed E-state index contributed by atoms with van der Waals surface area (Å²) in [5.41, 5.74) is 2.34. The summed E-state index contributed by atoms with van der Waals surface area (Å²) < 4.78 is 7.57. The van der Waals surface area contributed by atoms with Gasteiger partial charge in [-0.05, 0) is 57.9 Å². The van der Waals surface area contributed by atoms with Crippen LogP contribution in [0.1, 0.15) is 39.2 Å². The maximum absolute atomic E-state index is 12.1. The number of amides is 1. The molecule has 0 bridgehead atoms. The smallest absolute Gasteiger partial charge is 0.407 e. The number of halogens is 2. The molecule has 2 heterocycles. The van der Waals surface area contributed by atoms with E-state index in [1.807, 2.05) is 57.2 Å². The zero-order valence-electron chi connectivity index (χ0n) is 18.6. The molecule has 1 fully saturated rings. The predicted molar refractivity (Wildman–Crippen MR) is 130 cm³/mol. The van der Waals surface area contributed by atoms with Crippen molar-refractivity contribution in [3.8, 4) is 0 Å². The van der Waals surface area contributed by atoms with Crippen molar-refractivity contribution in [3.05, 3.63) is 58.1 Å². The van der Waals surface area contributed by atoms with Crippen LogP contribution in [0.5, 0.6) is 0 Å². The summed E-state index contributed by atoms with van der Waals surface area (Å²) in [7, 11) is 0. The van der Waals surface area contributed by atoms with E-state index < -0.39 is 5.60 Å². The Kier molecular flexibility index (Phi) is 6.54. The van der Waals surface area contributed by atoms with Gasteiger partial charge in [0.15, 0.2) is 0 Å². The first-order chi connectivity index (χ1) is 15.2. The Morgan fingerprint density at radius 1 is 1.09 bits per heavy atom. The summed E-state index contributed by atoms with van der Waals surface area (Å²) >= 11 is 12.9. The molecular formula is C24H28Cl2N4O2. The molecule has 1 saturated heterocycles. The van der Waals surface area contributed by atoms with Gasteiger partial charge in [0, 0.05) is 34.7 Å². The zero-order valence-corrected chi connectivity index (χ0v) is 20.1. The SMILES string of the molecule is CC(C)(C)OC(=O)NC1CCN(c2nc3ccccc3n2Cc2c(Cl)cccc2Cl)CC1. The van der Waals surface area contributed by atoms with E-state index in [1.54, 1.807) is 0 Å². The van der Waals surface area contributed by atoms with Crippen molar-refractivity contribution in [2.75, 3.05) is 18.0 Å². The molecule has 2 aromatic carbocycles. The van der Waals surface area contributed by atoms with Gasteiger partial charge in [-0.1, -0.05) is 41.4 Å². The van der Waals surface area contributed by atoms with E-state index in [0.717, 1.165) is 48.5 Å². The van der Waals surface area contributed by atoms with Crippen LogP contribution in [-0.2, 0) is 11.3 Å². The Balaban J connectivity index is 1.54. The van der Waals surface area contributed by atoms with Crippen LogP contribution in [0.2, 0.25) is 10.0 Å².